The third-order valence-electron chi connectivity index (χ3n) is 4.53. The second kappa shape index (κ2) is 8.07. The van der Waals surface area contributed by atoms with Gasteiger partial charge in [0.25, 0.3) is 5.91 Å². The summed E-state index contributed by atoms with van der Waals surface area (Å²) in [6, 6.07) is 1.28. The highest BCUT2D eigenvalue weighted by Crippen LogP contribution is 2.16. The summed E-state index contributed by atoms with van der Waals surface area (Å²) in [7, 11) is -3.01. The molecule has 1 N–H and O–H groups in total. The minimum absolute atomic E-state index is 0.0460. The Kier molecular flexibility index (Phi) is 5.78. The van der Waals surface area contributed by atoms with Crippen molar-refractivity contribution in [3.8, 4) is 0 Å². The lowest BCUT2D eigenvalue weighted by molar-refractivity contribution is 0.0566. The van der Waals surface area contributed by atoms with Crippen LogP contribution in [-0.2, 0) is 14.6 Å². The van der Waals surface area contributed by atoms with Crippen LogP contribution in [0.2, 0.25) is 0 Å². The molecule has 0 bridgehead atoms. The summed E-state index contributed by atoms with van der Waals surface area (Å²) in [6.07, 6.45) is 1.60. The molecule has 2 saturated heterocycles. The van der Waals surface area contributed by atoms with E-state index in [1.807, 2.05) is 0 Å². The van der Waals surface area contributed by atoms with Crippen molar-refractivity contribution >= 4 is 27.8 Å². The first-order chi connectivity index (χ1) is 12.9. The van der Waals surface area contributed by atoms with Crippen molar-refractivity contribution in [3.05, 3.63) is 18.0 Å². The summed E-state index contributed by atoms with van der Waals surface area (Å²) in [4.78, 5) is 35.9. The maximum atomic E-state index is 12.7. The van der Waals surface area contributed by atoms with Gasteiger partial charge in [-0.2, -0.15) is 0 Å². The summed E-state index contributed by atoms with van der Waals surface area (Å²) in [5, 5.41) is 2.99. The van der Waals surface area contributed by atoms with Gasteiger partial charge in [0.05, 0.1) is 18.1 Å². The summed E-state index contributed by atoms with van der Waals surface area (Å²) in [5.41, 5.74) is 0.234. The van der Waals surface area contributed by atoms with Crippen molar-refractivity contribution in [1.82, 2.24) is 19.8 Å². The lowest BCUT2D eigenvalue weighted by Crippen LogP contribution is -2.50. The number of hydrogen-bond donors (Lipinski definition) is 1. The summed E-state index contributed by atoms with van der Waals surface area (Å²) in [6.45, 7) is 3.66. The molecule has 0 spiro atoms. The standard InChI is InChI=1S/C16H23N5O5S/c1-2-26-16(23)21-8-6-20(7-9-21)14(22)13-3-5-17-15(19-13)18-12-4-10-27(24,25)11-12/h3,5,12H,2,4,6-11H2,1H3,(H,17,18,19). The lowest BCUT2D eigenvalue weighted by atomic mass is 10.2. The average Bonchev–Trinajstić information content (AvgIpc) is 3.00. The molecular formula is C16H23N5O5S. The molecule has 3 rings (SSSR count). The molecule has 1 atom stereocenters. The van der Waals surface area contributed by atoms with Crippen molar-refractivity contribution in [2.45, 2.75) is 19.4 Å². The molecule has 148 valence electrons. The normalized spacial score (nSPS) is 21.7. The van der Waals surface area contributed by atoms with Crippen LogP contribution in [0.15, 0.2) is 12.3 Å². The Balaban J connectivity index is 1.59. The number of piperazine rings is 1. The molecule has 2 fully saturated rings. The molecule has 27 heavy (non-hydrogen) atoms. The van der Waals surface area contributed by atoms with Gasteiger partial charge in [-0.25, -0.2) is 23.2 Å². The van der Waals surface area contributed by atoms with Crippen LogP contribution < -0.4 is 5.32 Å². The SMILES string of the molecule is CCOC(=O)N1CCN(C(=O)c2ccnc(NC3CCS(=O)(=O)C3)n2)CC1. The molecule has 1 unspecified atom stereocenters. The van der Waals surface area contributed by atoms with Crippen LogP contribution in [0, 0.1) is 0 Å². The Morgan fingerprint density at radius 2 is 1.96 bits per heavy atom. The van der Waals surface area contributed by atoms with E-state index in [2.05, 4.69) is 15.3 Å². The highest BCUT2D eigenvalue weighted by atomic mass is 32.2. The maximum absolute atomic E-state index is 12.7. The van der Waals surface area contributed by atoms with Gasteiger partial charge in [0, 0.05) is 38.4 Å². The van der Waals surface area contributed by atoms with Gasteiger partial charge in [-0.3, -0.25) is 4.79 Å². The topological polar surface area (TPSA) is 122 Å². The van der Waals surface area contributed by atoms with Gasteiger partial charge < -0.3 is 19.9 Å². The highest BCUT2D eigenvalue weighted by Gasteiger charge is 2.29. The van der Waals surface area contributed by atoms with Crippen molar-refractivity contribution in [2.75, 3.05) is 49.6 Å². The van der Waals surface area contributed by atoms with Gasteiger partial charge in [0.15, 0.2) is 9.84 Å². The van der Waals surface area contributed by atoms with Crippen molar-refractivity contribution in [3.63, 3.8) is 0 Å². The minimum Gasteiger partial charge on any atom is -0.450 e. The molecule has 1 aromatic rings. The predicted octanol–water partition coefficient (Wildman–Crippen LogP) is -0.0101. The zero-order valence-electron chi connectivity index (χ0n) is 15.1. The first-order valence-corrected chi connectivity index (χ1v) is 10.7. The van der Waals surface area contributed by atoms with Crippen LogP contribution in [0.3, 0.4) is 0 Å². The molecule has 1 aromatic heterocycles. The molecule has 11 heteroatoms. The van der Waals surface area contributed by atoms with E-state index < -0.39 is 9.84 Å². The summed E-state index contributed by atoms with van der Waals surface area (Å²) < 4.78 is 28.1. The zero-order valence-corrected chi connectivity index (χ0v) is 15.9. The van der Waals surface area contributed by atoms with E-state index in [0.29, 0.717) is 39.2 Å². The molecule has 0 aliphatic carbocycles. The largest absolute Gasteiger partial charge is 0.450 e. The number of ether oxygens (including phenoxy) is 1. The molecule has 0 saturated carbocycles. The zero-order chi connectivity index (χ0) is 19.4. The first-order valence-electron chi connectivity index (χ1n) is 8.89. The van der Waals surface area contributed by atoms with Gasteiger partial charge in [0.1, 0.15) is 5.69 Å². The van der Waals surface area contributed by atoms with E-state index in [-0.39, 0.29) is 41.2 Å². The van der Waals surface area contributed by atoms with Gasteiger partial charge in [-0.1, -0.05) is 0 Å². The van der Waals surface area contributed by atoms with E-state index in [9.17, 15) is 18.0 Å². The number of carbonyl (C=O) groups is 2. The Bertz CT molecular complexity index is 807. The van der Waals surface area contributed by atoms with Gasteiger partial charge in [-0.05, 0) is 19.4 Å². The van der Waals surface area contributed by atoms with Gasteiger partial charge in [0.2, 0.25) is 5.95 Å². The van der Waals surface area contributed by atoms with Crippen LogP contribution in [0.25, 0.3) is 0 Å². The number of sulfone groups is 1. The number of nitrogens with one attached hydrogen (secondary N) is 1. The molecule has 0 aromatic carbocycles. The Hall–Kier alpha value is -2.43. The lowest BCUT2D eigenvalue weighted by Gasteiger charge is -2.33. The fourth-order valence-corrected chi connectivity index (χ4v) is 4.78. The highest BCUT2D eigenvalue weighted by molar-refractivity contribution is 7.91. The number of nitrogens with zero attached hydrogens (tertiary/aromatic N) is 4. The maximum Gasteiger partial charge on any atom is 0.409 e. The summed E-state index contributed by atoms with van der Waals surface area (Å²) in [5.74, 6) is 0.189. The fraction of sp³-hybridized carbons (Fsp3) is 0.625. The van der Waals surface area contributed by atoms with Crippen molar-refractivity contribution < 1.29 is 22.7 Å². The van der Waals surface area contributed by atoms with Crippen LogP contribution >= 0.6 is 0 Å². The number of aromatic nitrogens is 2. The molecule has 2 amide bonds. The van der Waals surface area contributed by atoms with E-state index in [0.717, 1.165) is 0 Å². The molecule has 0 radical (unpaired) electrons. The van der Waals surface area contributed by atoms with E-state index in [1.165, 1.54) is 12.3 Å². The summed E-state index contributed by atoms with van der Waals surface area (Å²) >= 11 is 0. The molecule has 2 aliphatic rings. The number of hydrogen-bond acceptors (Lipinski definition) is 8. The van der Waals surface area contributed by atoms with Crippen molar-refractivity contribution in [1.29, 1.82) is 0 Å². The average molecular weight is 397 g/mol. The second-order valence-corrected chi connectivity index (χ2v) is 8.72. The molecule has 2 aliphatic heterocycles. The quantitative estimate of drug-likeness (QED) is 0.753. The van der Waals surface area contributed by atoms with E-state index in [4.69, 9.17) is 4.74 Å². The number of amides is 2. The predicted molar refractivity (Wildman–Crippen MR) is 97.2 cm³/mol. The molecule has 10 nitrogen and oxygen atoms in total. The van der Waals surface area contributed by atoms with Gasteiger partial charge >= 0.3 is 6.09 Å². The van der Waals surface area contributed by atoms with Crippen LogP contribution in [0.4, 0.5) is 10.7 Å². The Labute approximate surface area is 157 Å². The number of carbonyl (C=O) groups excluding carboxylic acids is 2. The number of rotatable bonds is 4. The van der Waals surface area contributed by atoms with Crippen LogP contribution in [0.1, 0.15) is 23.8 Å². The third-order valence-corrected chi connectivity index (χ3v) is 6.30. The van der Waals surface area contributed by atoms with Gasteiger partial charge in [-0.15, -0.1) is 0 Å². The van der Waals surface area contributed by atoms with Crippen LogP contribution in [-0.4, -0.2) is 90.5 Å². The first kappa shape index (κ1) is 19.3. The Morgan fingerprint density at radius 3 is 2.59 bits per heavy atom. The van der Waals surface area contributed by atoms with Crippen molar-refractivity contribution in [2.24, 2.45) is 0 Å². The monoisotopic (exact) mass is 397 g/mol. The molecular weight excluding hydrogens is 374 g/mol. The van der Waals surface area contributed by atoms with E-state index >= 15 is 0 Å². The molecule has 3 heterocycles. The van der Waals surface area contributed by atoms with E-state index in [1.54, 1.807) is 16.7 Å². The van der Waals surface area contributed by atoms with Crippen LogP contribution in [0.5, 0.6) is 0 Å². The third kappa shape index (κ3) is 4.85. The second-order valence-electron chi connectivity index (χ2n) is 6.49. The minimum atomic E-state index is -3.01. The smallest absolute Gasteiger partial charge is 0.409 e. The number of anilines is 1. The fourth-order valence-electron chi connectivity index (χ4n) is 3.11. The Morgan fingerprint density at radius 1 is 1.26 bits per heavy atom.